The summed E-state index contributed by atoms with van der Waals surface area (Å²) in [6, 6.07) is 27.3. The summed E-state index contributed by atoms with van der Waals surface area (Å²) < 4.78 is 10.5. The smallest absolute Gasteiger partial charge is 0.412 e. The van der Waals surface area contributed by atoms with Crippen LogP contribution in [-0.4, -0.2) is 36.5 Å². The number of carbonyl (C=O) groups excluding carboxylic acids is 4. The SMILES string of the molecule is COc1ccc(NC(=O)C(NC(=O)c2ccccc2)c2ccc(C(=O)Nc3ccccc3NC(=O)OC(C)(C)C)cc2)cc1. The molecule has 1 unspecified atom stereocenters. The van der Waals surface area contributed by atoms with Gasteiger partial charge in [-0.3, -0.25) is 19.7 Å². The van der Waals surface area contributed by atoms with Gasteiger partial charge in [-0.15, -0.1) is 0 Å². The van der Waals surface area contributed by atoms with E-state index in [0.29, 0.717) is 39.5 Å². The van der Waals surface area contributed by atoms with Gasteiger partial charge in [0.05, 0.1) is 18.5 Å². The van der Waals surface area contributed by atoms with Crippen LogP contribution >= 0.6 is 0 Å². The largest absolute Gasteiger partial charge is 0.497 e. The highest BCUT2D eigenvalue weighted by molar-refractivity contribution is 6.07. The standard InChI is InChI=1S/C34H34N4O6/c1-34(2,3)44-33(42)37-28-13-9-8-12-27(28)36-30(39)24-16-14-22(15-17-24)29(38-31(40)23-10-6-5-7-11-23)32(41)35-25-18-20-26(43-4)21-19-25/h5-21,29H,1-4H3,(H,35,41)(H,36,39)(H,37,42)(H,38,40). The molecule has 0 saturated heterocycles. The van der Waals surface area contributed by atoms with Crippen LogP contribution in [0.4, 0.5) is 21.9 Å². The van der Waals surface area contributed by atoms with Crippen LogP contribution in [0.1, 0.15) is 53.1 Å². The Kier molecular flexibility index (Phi) is 9.97. The zero-order valence-electron chi connectivity index (χ0n) is 24.8. The Hall–Kier alpha value is -5.64. The zero-order chi connectivity index (χ0) is 31.7. The number of anilines is 3. The number of benzene rings is 4. The number of nitrogens with one attached hydrogen (secondary N) is 4. The molecule has 0 aliphatic carbocycles. The number of methoxy groups -OCH3 is 1. The normalized spacial score (nSPS) is 11.5. The summed E-state index contributed by atoms with van der Waals surface area (Å²) >= 11 is 0. The van der Waals surface area contributed by atoms with Crippen LogP contribution in [0, 0.1) is 0 Å². The number of para-hydroxylation sites is 2. The van der Waals surface area contributed by atoms with E-state index in [0.717, 1.165) is 0 Å². The Morgan fingerprint density at radius 2 is 1.20 bits per heavy atom. The van der Waals surface area contributed by atoms with Crippen LogP contribution in [0.5, 0.6) is 5.75 Å². The molecule has 10 nitrogen and oxygen atoms in total. The van der Waals surface area contributed by atoms with Gasteiger partial charge in [-0.05, 0) is 87.0 Å². The van der Waals surface area contributed by atoms with Crippen LogP contribution in [-0.2, 0) is 9.53 Å². The molecule has 4 rings (SSSR count). The lowest BCUT2D eigenvalue weighted by molar-refractivity contribution is -0.118. The molecule has 4 aromatic carbocycles. The van der Waals surface area contributed by atoms with Gasteiger partial charge in [-0.2, -0.15) is 0 Å². The van der Waals surface area contributed by atoms with Crippen molar-refractivity contribution in [3.8, 4) is 5.75 Å². The number of carbonyl (C=O) groups is 4. The summed E-state index contributed by atoms with van der Waals surface area (Å²) in [7, 11) is 1.55. The van der Waals surface area contributed by atoms with Crippen LogP contribution in [0.2, 0.25) is 0 Å². The maximum Gasteiger partial charge on any atom is 0.412 e. The number of hydrogen-bond donors (Lipinski definition) is 4. The van der Waals surface area contributed by atoms with E-state index >= 15 is 0 Å². The maximum atomic E-state index is 13.4. The van der Waals surface area contributed by atoms with E-state index in [1.165, 1.54) is 0 Å². The second-order valence-electron chi connectivity index (χ2n) is 10.7. The highest BCUT2D eigenvalue weighted by atomic mass is 16.6. The van der Waals surface area contributed by atoms with Gasteiger partial charge in [0.25, 0.3) is 17.7 Å². The first-order chi connectivity index (χ1) is 21.0. The Balaban J connectivity index is 1.52. The quantitative estimate of drug-likeness (QED) is 0.177. The summed E-state index contributed by atoms with van der Waals surface area (Å²) in [6.45, 7) is 5.26. The van der Waals surface area contributed by atoms with Gasteiger partial charge in [-0.1, -0.05) is 42.5 Å². The topological polar surface area (TPSA) is 135 Å². The van der Waals surface area contributed by atoms with Crippen LogP contribution in [0.15, 0.2) is 103 Å². The van der Waals surface area contributed by atoms with E-state index in [-0.39, 0.29) is 0 Å². The lowest BCUT2D eigenvalue weighted by atomic mass is 10.0. The second kappa shape index (κ2) is 14.0. The van der Waals surface area contributed by atoms with Crippen LogP contribution < -0.4 is 26.0 Å². The Morgan fingerprint density at radius 1 is 0.636 bits per heavy atom. The third-order valence-corrected chi connectivity index (χ3v) is 6.25. The van der Waals surface area contributed by atoms with Gasteiger partial charge in [0.15, 0.2) is 0 Å². The highest BCUT2D eigenvalue weighted by Crippen LogP contribution is 2.24. The van der Waals surface area contributed by atoms with Crippen molar-refractivity contribution < 1.29 is 28.7 Å². The molecule has 0 aromatic heterocycles. The van der Waals surface area contributed by atoms with Crippen molar-refractivity contribution in [3.63, 3.8) is 0 Å². The van der Waals surface area contributed by atoms with Crippen molar-refractivity contribution in [2.75, 3.05) is 23.1 Å². The lowest BCUT2D eigenvalue weighted by Gasteiger charge is -2.20. The van der Waals surface area contributed by atoms with E-state index in [1.807, 2.05) is 0 Å². The predicted octanol–water partition coefficient (Wildman–Crippen LogP) is 6.40. The molecule has 0 aliphatic rings. The van der Waals surface area contributed by atoms with Crippen molar-refractivity contribution in [2.24, 2.45) is 0 Å². The Bertz CT molecular complexity index is 1610. The summed E-state index contributed by atoms with van der Waals surface area (Å²) in [5.41, 5.74) is 1.72. The Morgan fingerprint density at radius 3 is 1.80 bits per heavy atom. The van der Waals surface area contributed by atoms with E-state index in [2.05, 4.69) is 21.3 Å². The summed E-state index contributed by atoms with van der Waals surface area (Å²) in [4.78, 5) is 51.9. The predicted molar refractivity (Wildman–Crippen MR) is 169 cm³/mol. The van der Waals surface area contributed by atoms with E-state index in [1.54, 1.807) is 131 Å². The second-order valence-corrected chi connectivity index (χ2v) is 10.7. The molecule has 4 amide bonds. The number of hydrogen-bond acceptors (Lipinski definition) is 6. The van der Waals surface area contributed by atoms with Crippen molar-refractivity contribution in [1.82, 2.24) is 5.32 Å². The average Bonchev–Trinajstić information content (AvgIpc) is 3.00. The minimum Gasteiger partial charge on any atom is -0.497 e. The van der Waals surface area contributed by atoms with E-state index in [4.69, 9.17) is 9.47 Å². The van der Waals surface area contributed by atoms with Crippen molar-refractivity contribution in [2.45, 2.75) is 32.4 Å². The molecule has 0 fully saturated rings. The molecule has 4 aromatic rings. The summed E-state index contributed by atoms with van der Waals surface area (Å²) in [6.07, 6.45) is -0.653. The van der Waals surface area contributed by atoms with Crippen molar-refractivity contribution in [3.05, 3.63) is 120 Å². The van der Waals surface area contributed by atoms with E-state index in [9.17, 15) is 19.2 Å². The number of amides is 4. The molecule has 0 aliphatic heterocycles. The molecule has 0 radical (unpaired) electrons. The van der Waals surface area contributed by atoms with E-state index < -0.39 is 35.5 Å². The summed E-state index contributed by atoms with van der Waals surface area (Å²) in [5.74, 6) is -0.716. The first-order valence-electron chi connectivity index (χ1n) is 13.8. The van der Waals surface area contributed by atoms with Gasteiger partial charge in [0, 0.05) is 16.8 Å². The van der Waals surface area contributed by atoms with Gasteiger partial charge < -0.3 is 25.4 Å². The first kappa shape index (κ1) is 31.3. The maximum absolute atomic E-state index is 13.4. The molecule has 0 saturated carbocycles. The van der Waals surface area contributed by atoms with Gasteiger partial charge in [-0.25, -0.2) is 4.79 Å². The number of ether oxygens (including phenoxy) is 2. The molecule has 0 heterocycles. The van der Waals surface area contributed by atoms with Gasteiger partial charge >= 0.3 is 6.09 Å². The number of rotatable bonds is 9. The highest BCUT2D eigenvalue weighted by Gasteiger charge is 2.24. The Labute approximate surface area is 255 Å². The first-order valence-corrected chi connectivity index (χ1v) is 13.8. The third-order valence-electron chi connectivity index (χ3n) is 6.25. The minimum absolute atomic E-state index is 0.296. The van der Waals surface area contributed by atoms with Crippen molar-refractivity contribution >= 4 is 40.9 Å². The molecule has 0 spiro atoms. The van der Waals surface area contributed by atoms with Crippen LogP contribution in [0.3, 0.4) is 0 Å². The third kappa shape index (κ3) is 8.68. The molecule has 1 atom stereocenters. The molecular weight excluding hydrogens is 560 g/mol. The fraction of sp³-hybridized carbons (Fsp3) is 0.176. The molecule has 44 heavy (non-hydrogen) atoms. The lowest BCUT2D eigenvalue weighted by Crippen LogP contribution is -2.37. The summed E-state index contributed by atoms with van der Waals surface area (Å²) in [5, 5.41) is 11.1. The molecule has 10 heteroatoms. The van der Waals surface area contributed by atoms with Gasteiger partial charge in [0.2, 0.25) is 0 Å². The molecule has 0 bridgehead atoms. The molecule has 226 valence electrons. The monoisotopic (exact) mass is 594 g/mol. The van der Waals surface area contributed by atoms with Crippen LogP contribution in [0.25, 0.3) is 0 Å². The van der Waals surface area contributed by atoms with Gasteiger partial charge in [0.1, 0.15) is 17.4 Å². The minimum atomic E-state index is -1.07. The van der Waals surface area contributed by atoms with Crippen molar-refractivity contribution in [1.29, 1.82) is 0 Å². The zero-order valence-corrected chi connectivity index (χ0v) is 24.8. The average molecular weight is 595 g/mol. The fourth-order valence-corrected chi connectivity index (χ4v) is 4.13. The molecular formula is C34H34N4O6. The fourth-order valence-electron chi connectivity index (χ4n) is 4.13. The molecule has 4 N–H and O–H groups in total.